The van der Waals surface area contributed by atoms with E-state index < -0.39 is 12.0 Å². The third-order valence-electron chi connectivity index (χ3n) is 4.11. The first-order chi connectivity index (χ1) is 9.32. The zero-order valence-corrected chi connectivity index (χ0v) is 11.4. The lowest BCUT2D eigenvalue weighted by atomic mass is 9.74. The zero-order chi connectivity index (χ0) is 14.8. The fourth-order valence-electron chi connectivity index (χ4n) is 2.83. The fourth-order valence-corrected chi connectivity index (χ4v) is 2.83. The minimum Gasteiger partial charge on any atom is -0.406 e. The molecule has 2 nitrogen and oxygen atoms in total. The van der Waals surface area contributed by atoms with Gasteiger partial charge in [-0.3, -0.25) is 0 Å². The number of hydrogen-bond acceptors (Lipinski definition) is 2. The Morgan fingerprint density at radius 2 is 1.95 bits per heavy atom. The molecule has 0 amide bonds. The molecule has 20 heavy (non-hydrogen) atoms. The molecule has 0 spiro atoms. The Kier molecular flexibility index (Phi) is 4.28. The molecule has 1 fully saturated rings. The lowest BCUT2D eigenvalue weighted by Gasteiger charge is -2.36. The van der Waals surface area contributed by atoms with Gasteiger partial charge in [0, 0.05) is 0 Å². The molecule has 2 rings (SSSR count). The predicted octanol–water partition coefficient (Wildman–Crippen LogP) is 4.37. The first-order valence-electron chi connectivity index (χ1n) is 6.91. The van der Waals surface area contributed by atoms with Gasteiger partial charge in [-0.15, -0.1) is 13.2 Å². The van der Waals surface area contributed by atoms with Gasteiger partial charge in [-0.1, -0.05) is 25.5 Å². The number of alkyl halides is 3. The van der Waals surface area contributed by atoms with E-state index in [1.54, 1.807) is 6.07 Å². The molecule has 0 saturated heterocycles. The minimum atomic E-state index is -4.71. The van der Waals surface area contributed by atoms with Crippen molar-refractivity contribution in [1.82, 2.24) is 0 Å². The maximum atomic E-state index is 12.2. The standard InChI is InChI=1S/C15H19F3O2/c1-2-11-6-8-14(19,9-7-11)12-4-3-5-13(10-12)20-15(16,17)18/h3-5,10-11,19H,2,6-9H2,1H3. The summed E-state index contributed by atoms with van der Waals surface area (Å²) in [5, 5.41) is 10.6. The van der Waals surface area contributed by atoms with Crippen molar-refractivity contribution in [2.24, 2.45) is 5.92 Å². The van der Waals surface area contributed by atoms with Crippen molar-refractivity contribution < 1.29 is 23.0 Å². The molecule has 1 aliphatic carbocycles. The van der Waals surface area contributed by atoms with Gasteiger partial charge in [0.25, 0.3) is 0 Å². The molecule has 5 heteroatoms. The number of benzene rings is 1. The van der Waals surface area contributed by atoms with Gasteiger partial charge in [-0.2, -0.15) is 0 Å². The summed E-state index contributed by atoms with van der Waals surface area (Å²) in [6.07, 6.45) is -0.662. The van der Waals surface area contributed by atoms with Crippen LogP contribution in [0.15, 0.2) is 24.3 Å². The van der Waals surface area contributed by atoms with Gasteiger partial charge in [0.15, 0.2) is 0 Å². The fraction of sp³-hybridized carbons (Fsp3) is 0.600. The summed E-state index contributed by atoms with van der Waals surface area (Å²) in [6, 6.07) is 5.69. The highest BCUT2D eigenvalue weighted by molar-refractivity contribution is 5.32. The Hall–Kier alpha value is -1.23. The number of ether oxygens (including phenoxy) is 1. The Bertz CT molecular complexity index is 449. The lowest BCUT2D eigenvalue weighted by molar-refractivity contribution is -0.274. The second-order valence-electron chi connectivity index (χ2n) is 5.46. The van der Waals surface area contributed by atoms with E-state index >= 15 is 0 Å². The van der Waals surface area contributed by atoms with Gasteiger partial charge < -0.3 is 9.84 Å². The number of aliphatic hydroxyl groups is 1. The number of hydrogen-bond donors (Lipinski definition) is 1. The molecule has 0 aromatic heterocycles. The van der Waals surface area contributed by atoms with E-state index in [0.29, 0.717) is 24.3 Å². The maximum Gasteiger partial charge on any atom is 0.573 e. The summed E-state index contributed by atoms with van der Waals surface area (Å²) < 4.78 is 40.6. The minimum absolute atomic E-state index is 0.277. The summed E-state index contributed by atoms with van der Waals surface area (Å²) >= 11 is 0. The molecule has 0 radical (unpaired) electrons. The van der Waals surface area contributed by atoms with Gasteiger partial charge in [-0.05, 0) is 49.3 Å². The van der Waals surface area contributed by atoms with E-state index in [1.165, 1.54) is 18.2 Å². The predicted molar refractivity (Wildman–Crippen MR) is 69.3 cm³/mol. The second kappa shape index (κ2) is 5.64. The van der Waals surface area contributed by atoms with Crippen molar-refractivity contribution in [3.8, 4) is 5.75 Å². The molecule has 0 atom stereocenters. The third kappa shape index (κ3) is 3.66. The van der Waals surface area contributed by atoms with E-state index in [2.05, 4.69) is 11.7 Å². The summed E-state index contributed by atoms with van der Waals surface area (Å²) in [7, 11) is 0. The first kappa shape index (κ1) is 15.2. The van der Waals surface area contributed by atoms with Crippen LogP contribution < -0.4 is 4.74 Å². The Labute approximate surface area is 116 Å². The van der Waals surface area contributed by atoms with E-state index in [0.717, 1.165) is 19.3 Å². The normalized spacial score (nSPS) is 27.4. The SMILES string of the molecule is CCC1CCC(O)(c2cccc(OC(F)(F)F)c2)CC1. The molecule has 0 aliphatic heterocycles. The number of rotatable bonds is 3. The highest BCUT2D eigenvalue weighted by atomic mass is 19.4. The van der Waals surface area contributed by atoms with Crippen LogP contribution >= 0.6 is 0 Å². The summed E-state index contributed by atoms with van der Waals surface area (Å²) in [5.74, 6) is 0.325. The molecule has 1 N–H and O–H groups in total. The van der Waals surface area contributed by atoms with Crippen LogP contribution in [0.2, 0.25) is 0 Å². The molecule has 1 aromatic rings. The van der Waals surface area contributed by atoms with Crippen LogP contribution in [0.25, 0.3) is 0 Å². The topological polar surface area (TPSA) is 29.5 Å². The highest BCUT2D eigenvalue weighted by Crippen LogP contribution is 2.41. The first-order valence-corrected chi connectivity index (χ1v) is 6.91. The van der Waals surface area contributed by atoms with E-state index in [9.17, 15) is 18.3 Å². The number of halogens is 3. The molecule has 0 bridgehead atoms. The molecule has 1 aliphatic rings. The average molecular weight is 288 g/mol. The maximum absolute atomic E-state index is 12.2. The molecule has 0 unspecified atom stereocenters. The van der Waals surface area contributed by atoms with E-state index in [4.69, 9.17) is 0 Å². The van der Waals surface area contributed by atoms with Crippen LogP contribution in [-0.2, 0) is 5.60 Å². The molecule has 112 valence electrons. The van der Waals surface area contributed by atoms with Crippen molar-refractivity contribution in [3.63, 3.8) is 0 Å². The van der Waals surface area contributed by atoms with Crippen LogP contribution in [0.5, 0.6) is 5.75 Å². The van der Waals surface area contributed by atoms with Crippen LogP contribution in [0, 0.1) is 5.92 Å². The summed E-state index contributed by atoms with van der Waals surface area (Å²) in [5.41, 5.74) is -0.523. The van der Waals surface area contributed by atoms with E-state index in [-0.39, 0.29) is 5.75 Å². The monoisotopic (exact) mass is 288 g/mol. The van der Waals surface area contributed by atoms with Crippen molar-refractivity contribution in [3.05, 3.63) is 29.8 Å². The quantitative estimate of drug-likeness (QED) is 0.894. The molecular weight excluding hydrogens is 269 g/mol. The van der Waals surface area contributed by atoms with Crippen LogP contribution in [0.1, 0.15) is 44.6 Å². The van der Waals surface area contributed by atoms with Crippen LogP contribution in [-0.4, -0.2) is 11.5 Å². The van der Waals surface area contributed by atoms with Crippen molar-refractivity contribution in [1.29, 1.82) is 0 Å². The summed E-state index contributed by atoms with van der Waals surface area (Å²) in [4.78, 5) is 0. The van der Waals surface area contributed by atoms with Crippen molar-refractivity contribution in [2.45, 2.75) is 51.0 Å². The van der Waals surface area contributed by atoms with Crippen molar-refractivity contribution in [2.75, 3.05) is 0 Å². The molecule has 0 heterocycles. The Balaban J connectivity index is 2.14. The van der Waals surface area contributed by atoms with Gasteiger partial charge in [0.1, 0.15) is 5.75 Å². The van der Waals surface area contributed by atoms with Gasteiger partial charge >= 0.3 is 6.36 Å². The van der Waals surface area contributed by atoms with Crippen molar-refractivity contribution >= 4 is 0 Å². The Morgan fingerprint density at radius 3 is 2.50 bits per heavy atom. The van der Waals surface area contributed by atoms with Crippen LogP contribution in [0.3, 0.4) is 0 Å². The third-order valence-corrected chi connectivity index (χ3v) is 4.11. The molecule has 1 aromatic carbocycles. The summed E-state index contributed by atoms with van der Waals surface area (Å²) in [6.45, 7) is 2.12. The highest BCUT2D eigenvalue weighted by Gasteiger charge is 2.35. The smallest absolute Gasteiger partial charge is 0.406 e. The molecule has 1 saturated carbocycles. The van der Waals surface area contributed by atoms with E-state index in [1.807, 2.05) is 0 Å². The van der Waals surface area contributed by atoms with Gasteiger partial charge in [0.05, 0.1) is 5.60 Å². The Morgan fingerprint density at radius 1 is 1.30 bits per heavy atom. The van der Waals surface area contributed by atoms with Gasteiger partial charge in [0.2, 0.25) is 0 Å². The van der Waals surface area contributed by atoms with Gasteiger partial charge in [-0.25, -0.2) is 0 Å². The zero-order valence-electron chi connectivity index (χ0n) is 11.4. The van der Waals surface area contributed by atoms with Crippen LogP contribution in [0.4, 0.5) is 13.2 Å². The largest absolute Gasteiger partial charge is 0.573 e. The average Bonchev–Trinajstić information content (AvgIpc) is 2.38. The molecular formula is C15H19F3O2. The lowest BCUT2D eigenvalue weighted by Crippen LogP contribution is -2.31. The second-order valence-corrected chi connectivity index (χ2v) is 5.46.